The molecule has 1 aromatic heterocycles. The second-order valence-corrected chi connectivity index (χ2v) is 4.88. The summed E-state index contributed by atoms with van der Waals surface area (Å²) in [6.45, 7) is 5.40. The zero-order chi connectivity index (χ0) is 12.4. The molecule has 2 atom stereocenters. The minimum Gasteiger partial charge on any atom is -0.359 e. The van der Waals surface area contributed by atoms with Crippen molar-refractivity contribution in [2.45, 2.75) is 26.7 Å². The molecule has 17 heavy (non-hydrogen) atoms. The van der Waals surface area contributed by atoms with E-state index in [9.17, 15) is 0 Å². The quantitative estimate of drug-likeness (QED) is 0.597. The fourth-order valence-corrected chi connectivity index (χ4v) is 2.01. The van der Waals surface area contributed by atoms with Crippen LogP contribution in [0.5, 0.6) is 0 Å². The maximum absolute atomic E-state index is 5.42. The normalized spacial score (nSPS) is 22.4. The maximum atomic E-state index is 5.42. The Morgan fingerprint density at radius 1 is 1.53 bits per heavy atom. The minimum atomic E-state index is 0.683. The average molecular weight is 235 g/mol. The fraction of sp³-hybridized carbons (Fsp3) is 0.667. The van der Waals surface area contributed by atoms with Crippen LogP contribution in [0.15, 0.2) is 6.07 Å². The van der Waals surface area contributed by atoms with Crippen LogP contribution in [-0.4, -0.2) is 23.6 Å². The first-order valence-corrected chi connectivity index (χ1v) is 6.19. The Balaban J connectivity index is 2.12. The Bertz CT molecular complexity index is 370. The molecule has 5 nitrogen and oxygen atoms in total. The van der Waals surface area contributed by atoms with Gasteiger partial charge in [-0.3, -0.25) is 0 Å². The van der Waals surface area contributed by atoms with Gasteiger partial charge in [-0.05, 0) is 18.3 Å². The molecule has 1 fully saturated rings. The number of aryl methyl sites for hydroxylation is 1. The van der Waals surface area contributed by atoms with E-state index in [2.05, 4.69) is 34.3 Å². The summed E-state index contributed by atoms with van der Waals surface area (Å²) < 4.78 is 0. The van der Waals surface area contributed by atoms with Crippen LogP contribution >= 0.6 is 0 Å². The molecule has 2 rings (SSSR count). The number of rotatable bonds is 5. The van der Waals surface area contributed by atoms with E-state index >= 15 is 0 Å². The third-order valence-electron chi connectivity index (χ3n) is 3.40. The van der Waals surface area contributed by atoms with E-state index in [-0.39, 0.29) is 0 Å². The molecule has 0 spiro atoms. The number of nitrogen functional groups attached to an aromatic ring is 1. The molecule has 1 heterocycles. The van der Waals surface area contributed by atoms with Gasteiger partial charge in [-0.25, -0.2) is 15.8 Å². The lowest BCUT2D eigenvalue weighted by molar-refractivity contribution is 0.716. The van der Waals surface area contributed by atoms with Crippen LogP contribution < -0.4 is 16.2 Å². The van der Waals surface area contributed by atoms with Gasteiger partial charge in [0.1, 0.15) is 17.5 Å². The molecule has 94 valence electrons. The highest BCUT2D eigenvalue weighted by molar-refractivity contribution is 5.48. The second-order valence-electron chi connectivity index (χ2n) is 4.88. The molecule has 2 unspecified atom stereocenters. The van der Waals surface area contributed by atoms with E-state index < -0.39 is 0 Å². The molecule has 1 saturated carbocycles. The third kappa shape index (κ3) is 2.85. The molecule has 0 aromatic carbocycles. The molecular weight excluding hydrogens is 214 g/mol. The first-order chi connectivity index (χ1) is 8.13. The molecule has 0 radical (unpaired) electrons. The molecule has 0 bridgehead atoms. The largest absolute Gasteiger partial charge is 0.359 e. The third-order valence-corrected chi connectivity index (χ3v) is 3.40. The summed E-state index contributed by atoms with van der Waals surface area (Å²) in [5.74, 6) is 9.55. The van der Waals surface area contributed by atoms with E-state index in [1.807, 2.05) is 13.0 Å². The SMILES string of the molecule is CCc1nc(NN)cc(N(C)CC2CC2C)n1. The lowest BCUT2D eigenvalue weighted by Gasteiger charge is -2.19. The van der Waals surface area contributed by atoms with Crippen molar-refractivity contribution in [2.24, 2.45) is 17.7 Å². The zero-order valence-electron chi connectivity index (χ0n) is 10.8. The summed E-state index contributed by atoms with van der Waals surface area (Å²) in [5, 5.41) is 0. The number of aromatic nitrogens is 2. The van der Waals surface area contributed by atoms with Crippen molar-refractivity contribution >= 4 is 11.6 Å². The van der Waals surface area contributed by atoms with Crippen molar-refractivity contribution < 1.29 is 0 Å². The lowest BCUT2D eigenvalue weighted by atomic mass is 10.3. The number of hydrogen-bond acceptors (Lipinski definition) is 5. The molecule has 1 aliphatic carbocycles. The van der Waals surface area contributed by atoms with Crippen molar-refractivity contribution in [1.29, 1.82) is 0 Å². The highest BCUT2D eigenvalue weighted by Crippen LogP contribution is 2.38. The van der Waals surface area contributed by atoms with Crippen molar-refractivity contribution in [2.75, 3.05) is 23.9 Å². The smallest absolute Gasteiger partial charge is 0.145 e. The van der Waals surface area contributed by atoms with Crippen LogP contribution in [0.1, 0.15) is 26.1 Å². The molecule has 0 aliphatic heterocycles. The van der Waals surface area contributed by atoms with Crippen molar-refractivity contribution in [1.82, 2.24) is 9.97 Å². The summed E-state index contributed by atoms with van der Waals surface area (Å²) in [5.41, 5.74) is 2.60. The van der Waals surface area contributed by atoms with Gasteiger partial charge in [-0.15, -0.1) is 0 Å². The van der Waals surface area contributed by atoms with Gasteiger partial charge in [0, 0.05) is 26.1 Å². The number of nitrogens with two attached hydrogens (primary N) is 1. The van der Waals surface area contributed by atoms with Crippen LogP contribution in [0.3, 0.4) is 0 Å². The number of anilines is 2. The molecule has 0 saturated heterocycles. The Labute approximate surface area is 102 Å². The average Bonchev–Trinajstić information content (AvgIpc) is 3.04. The fourth-order valence-electron chi connectivity index (χ4n) is 2.01. The van der Waals surface area contributed by atoms with Crippen LogP contribution in [0.4, 0.5) is 11.6 Å². The van der Waals surface area contributed by atoms with E-state index in [1.54, 1.807) is 0 Å². The van der Waals surface area contributed by atoms with Crippen LogP contribution in [0, 0.1) is 11.8 Å². The topological polar surface area (TPSA) is 67.1 Å². The van der Waals surface area contributed by atoms with Gasteiger partial charge in [0.2, 0.25) is 0 Å². The predicted molar refractivity (Wildman–Crippen MR) is 69.8 cm³/mol. The highest BCUT2D eigenvalue weighted by Gasteiger charge is 2.33. The molecule has 3 N–H and O–H groups in total. The Morgan fingerprint density at radius 2 is 2.24 bits per heavy atom. The summed E-state index contributed by atoms with van der Waals surface area (Å²) in [6, 6.07) is 1.90. The predicted octanol–water partition coefficient (Wildman–Crippen LogP) is 1.42. The van der Waals surface area contributed by atoms with Gasteiger partial charge in [0.15, 0.2) is 0 Å². The summed E-state index contributed by atoms with van der Waals surface area (Å²) in [7, 11) is 2.08. The van der Waals surface area contributed by atoms with Gasteiger partial charge in [0.05, 0.1) is 0 Å². The van der Waals surface area contributed by atoms with E-state index in [0.29, 0.717) is 5.82 Å². The van der Waals surface area contributed by atoms with E-state index in [0.717, 1.165) is 36.4 Å². The first kappa shape index (κ1) is 12.1. The molecule has 1 aromatic rings. The van der Waals surface area contributed by atoms with Crippen molar-refractivity contribution in [3.63, 3.8) is 0 Å². The summed E-state index contributed by atoms with van der Waals surface area (Å²) >= 11 is 0. The zero-order valence-corrected chi connectivity index (χ0v) is 10.8. The van der Waals surface area contributed by atoms with Gasteiger partial charge in [0.25, 0.3) is 0 Å². The van der Waals surface area contributed by atoms with Crippen molar-refractivity contribution in [3.8, 4) is 0 Å². The maximum Gasteiger partial charge on any atom is 0.145 e. The minimum absolute atomic E-state index is 0.683. The molecular formula is C12H21N5. The molecule has 5 heteroatoms. The standard InChI is InChI=1S/C12H21N5/c1-4-10-14-11(16-13)6-12(15-10)17(3)7-9-5-8(9)2/h6,8-9H,4-5,7,13H2,1-3H3,(H,14,15,16). The van der Waals surface area contributed by atoms with E-state index in [4.69, 9.17) is 5.84 Å². The Hall–Kier alpha value is -1.36. The summed E-state index contributed by atoms with van der Waals surface area (Å²) in [4.78, 5) is 11.0. The first-order valence-electron chi connectivity index (χ1n) is 6.19. The number of hydrazine groups is 1. The monoisotopic (exact) mass is 235 g/mol. The number of nitrogens with zero attached hydrogens (tertiary/aromatic N) is 3. The Morgan fingerprint density at radius 3 is 2.76 bits per heavy atom. The van der Waals surface area contributed by atoms with Crippen LogP contribution in [0.25, 0.3) is 0 Å². The van der Waals surface area contributed by atoms with Gasteiger partial charge in [-0.1, -0.05) is 13.8 Å². The second kappa shape index (κ2) is 4.87. The summed E-state index contributed by atoms with van der Waals surface area (Å²) in [6.07, 6.45) is 2.15. The Kier molecular flexibility index (Phi) is 3.47. The van der Waals surface area contributed by atoms with Gasteiger partial charge >= 0.3 is 0 Å². The van der Waals surface area contributed by atoms with Crippen molar-refractivity contribution in [3.05, 3.63) is 11.9 Å². The number of hydrogen-bond donors (Lipinski definition) is 2. The van der Waals surface area contributed by atoms with Crippen LogP contribution in [-0.2, 0) is 6.42 Å². The highest BCUT2D eigenvalue weighted by atomic mass is 15.3. The van der Waals surface area contributed by atoms with Gasteiger partial charge in [-0.2, -0.15) is 0 Å². The molecule has 0 amide bonds. The lowest BCUT2D eigenvalue weighted by Crippen LogP contribution is -2.23. The molecule has 1 aliphatic rings. The van der Waals surface area contributed by atoms with E-state index in [1.165, 1.54) is 6.42 Å². The van der Waals surface area contributed by atoms with Crippen LogP contribution in [0.2, 0.25) is 0 Å². The van der Waals surface area contributed by atoms with Gasteiger partial charge < -0.3 is 10.3 Å². The number of nitrogens with one attached hydrogen (secondary N) is 1.